The van der Waals surface area contributed by atoms with Crippen molar-refractivity contribution in [2.75, 3.05) is 32.8 Å². The number of ether oxygens (including phenoxy) is 1. The van der Waals surface area contributed by atoms with E-state index in [1.807, 2.05) is 23.1 Å². The molecule has 0 atom stereocenters. The van der Waals surface area contributed by atoms with Gasteiger partial charge in [-0.3, -0.25) is 9.69 Å². The van der Waals surface area contributed by atoms with Gasteiger partial charge in [0, 0.05) is 37.7 Å². The van der Waals surface area contributed by atoms with Crippen LogP contribution in [0.5, 0.6) is 5.75 Å². The van der Waals surface area contributed by atoms with Gasteiger partial charge in [-0.1, -0.05) is 29.8 Å². The Hall–Kier alpha value is -2.04. The van der Waals surface area contributed by atoms with Gasteiger partial charge in [0.15, 0.2) is 6.61 Å². The number of carbonyl (C=O) groups excluding carboxylic acids is 1. The van der Waals surface area contributed by atoms with Crippen molar-refractivity contribution in [3.63, 3.8) is 0 Å². The average Bonchev–Trinajstić information content (AvgIpc) is 2.74. The minimum absolute atomic E-state index is 0.0730. The maximum atomic E-state index is 12.5. The first-order valence-corrected chi connectivity index (χ1v) is 10.5. The molecular weight excluding hydrogens is 372 g/mol. The Balaban J connectivity index is 1.23. The van der Waals surface area contributed by atoms with Crippen molar-refractivity contribution in [2.24, 2.45) is 0 Å². The molecule has 1 heterocycles. The van der Waals surface area contributed by atoms with Crippen LogP contribution < -0.4 is 4.74 Å². The average molecular weight is 399 g/mol. The topological polar surface area (TPSA) is 32.8 Å². The predicted octanol–water partition coefficient (Wildman–Crippen LogP) is 3.94. The highest BCUT2D eigenvalue weighted by Crippen LogP contribution is 2.25. The minimum Gasteiger partial charge on any atom is -0.484 e. The van der Waals surface area contributed by atoms with Gasteiger partial charge in [-0.2, -0.15) is 0 Å². The lowest BCUT2D eigenvalue weighted by atomic mass is 9.92. The van der Waals surface area contributed by atoms with Crippen LogP contribution in [0.25, 0.3) is 0 Å². The van der Waals surface area contributed by atoms with E-state index in [1.165, 1.54) is 29.5 Å². The van der Waals surface area contributed by atoms with Gasteiger partial charge in [0.2, 0.25) is 0 Å². The molecule has 5 heteroatoms. The normalized spacial score (nSPS) is 17.2. The SMILES string of the molecule is O=C(COc1ccc2c(c1)CCCC2)N1CCN(Cc2ccc(Cl)cc2)CC1. The van der Waals surface area contributed by atoms with Crippen LogP contribution in [0.4, 0.5) is 0 Å². The fourth-order valence-corrected chi connectivity index (χ4v) is 4.17. The summed E-state index contributed by atoms with van der Waals surface area (Å²) < 4.78 is 5.80. The second-order valence-corrected chi connectivity index (χ2v) is 8.15. The molecule has 148 valence electrons. The standard InChI is InChI=1S/C23H27ClN2O2/c24-21-8-5-18(6-9-21)16-25-11-13-26(14-12-25)23(27)17-28-22-10-7-19-3-1-2-4-20(19)15-22/h5-10,15H,1-4,11-14,16-17H2. The van der Waals surface area contributed by atoms with E-state index in [0.29, 0.717) is 0 Å². The van der Waals surface area contributed by atoms with Gasteiger partial charge in [0.25, 0.3) is 5.91 Å². The molecule has 4 nitrogen and oxygen atoms in total. The number of benzene rings is 2. The van der Waals surface area contributed by atoms with Crippen LogP contribution in [0.3, 0.4) is 0 Å². The number of hydrogen-bond donors (Lipinski definition) is 0. The van der Waals surface area contributed by atoms with Gasteiger partial charge in [-0.05, 0) is 66.6 Å². The van der Waals surface area contributed by atoms with E-state index in [2.05, 4.69) is 29.2 Å². The third kappa shape index (κ3) is 4.86. The highest BCUT2D eigenvalue weighted by Gasteiger charge is 2.21. The molecule has 1 saturated heterocycles. The lowest BCUT2D eigenvalue weighted by Crippen LogP contribution is -2.49. The predicted molar refractivity (Wildman–Crippen MR) is 112 cm³/mol. The smallest absolute Gasteiger partial charge is 0.260 e. The maximum Gasteiger partial charge on any atom is 0.260 e. The highest BCUT2D eigenvalue weighted by atomic mass is 35.5. The number of hydrogen-bond acceptors (Lipinski definition) is 3. The lowest BCUT2D eigenvalue weighted by molar-refractivity contribution is -0.135. The first-order valence-electron chi connectivity index (χ1n) is 10.2. The van der Waals surface area contributed by atoms with Crippen LogP contribution >= 0.6 is 11.6 Å². The number of piperazine rings is 1. The zero-order valence-corrected chi connectivity index (χ0v) is 17.0. The van der Waals surface area contributed by atoms with Gasteiger partial charge in [-0.25, -0.2) is 0 Å². The zero-order valence-electron chi connectivity index (χ0n) is 16.2. The first-order chi connectivity index (χ1) is 13.7. The fourth-order valence-electron chi connectivity index (χ4n) is 4.04. The van der Waals surface area contributed by atoms with Crippen molar-refractivity contribution >= 4 is 17.5 Å². The van der Waals surface area contributed by atoms with Gasteiger partial charge in [0.05, 0.1) is 0 Å². The Morgan fingerprint density at radius 2 is 1.64 bits per heavy atom. The molecular formula is C23H27ClN2O2. The third-order valence-electron chi connectivity index (χ3n) is 5.73. The molecule has 0 N–H and O–H groups in total. The van der Waals surface area contributed by atoms with Gasteiger partial charge in [-0.15, -0.1) is 0 Å². The van der Waals surface area contributed by atoms with Crippen molar-refractivity contribution < 1.29 is 9.53 Å². The molecule has 0 spiro atoms. The molecule has 4 rings (SSSR count). The summed E-state index contributed by atoms with van der Waals surface area (Å²) in [4.78, 5) is 16.8. The van der Waals surface area contributed by atoms with E-state index >= 15 is 0 Å². The number of halogens is 1. The van der Waals surface area contributed by atoms with E-state index in [4.69, 9.17) is 16.3 Å². The Morgan fingerprint density at radius 1 is 0.929 bits per heavy atom. The number of aryl methyl sites for hydroxylation is 2. The van der Waals surface area contributed by atoms with E-state index in [-0.39, 0.29) is 12.5 Å². The van der Waals surface area contributed by atoms with Gasteiger partial charge < -0.3 is 9.64 Å². The van der Waals surface area contributed by atoms with Crippen molar-refractivity contribution in [3.8, 4) is 5.75 Å². The summed E-state index contributed by atoms with van der Waals surface area (Å²) in [5.41, 5.74) is 4.06. The molecule has 2 aromatic rings. The maximum absolute atomic E-state index is 12.5. The third-order valence-corrected chi connectivity index (χ3v) is 5.98. The molecule has 1 aliphatic carbocycles. The summed E-state index contributed by atoms with van der Waals surface area (Å²) in [6.07, 6.45) is 4.80. The Kier molecular flexibility index (Phi) is 6.18. The van der Waals surface area contributed by atoms with Crippen LogP contribution in [-0.2, 0) is 24.2 Å². The molecule has 0 bridgehead atoms. The Bertz CT molecular complexity index is 814. The molecule has 0 radical (unpaired) electrons. The van der Waals surface area contributed by atoms with Crippen LogP contribution in [0.1, 0.15) is 29.5 Å². The van der Waals surface area contributed by atoms with E-state index in [0.717, 1.165) is 56.3 Å². The number of amides is 1. The molecule has 2 aromatic carbocycles. The van der Waals surface area contributed by atoms with Crippen molar-refractivity contribution in [1.29, 1.82) is 0 Å². The quantitative estimate of drug-likeness (QED) is 0.764. The summed E-state index contributed by atoms with van der Waals surface area (Å²) in [7, 11) is 0. The van der Waals surface area contributed by atoms with Crippen LogP contribution in [0, 0.1) is 0 Å². The summed E-state index contributed by atoms with van der Waals surface area (Å²) in [6.45, 7) is 4.28. The molecule has 1 fully saturated rings. The highest BCUT2D eigenvalue weighted by molar-refractivity contribution is 6.30. The fraction of sp³-hybridized carbons (Fsp3) is 0.435. The van der Waals surface area contributed by atoms with Crippen LogP contribution in [0.2, 0.25) is 5.02 Å². The largest absolute Gasteiger partial charge is 0.484 e. The van der Waals surface area contributed by atoms with Gasteiger partial charge in [0.1, 0.15) is 5.75 Å². The second kappa shape index (κ2) is 8.97. The molecule has 1 amide bonds. The first kappa shape index (κ1) is 19.3. The summed E-state index contributed by atoms with van der Waals surface area (Å²) >= 11 is 5.95. The number of carbonyl (C=O) groups is 1. The molecule has 1 aliphatic heterocycles. The zero-order chi connectivity index (χ0) is 19.3. The molecule has 0 aromatic heterocycles. The second-order valence-electron chi connectivity index (χ2n) is 7.71. The van der Waals surface area contributed by atoms with Crippen LogP contribution in [-0.4, -0.2) is 48.5 Å². The van der Waals surface area contributed by atoms with Crippen molar-refractivity contribution in [3.05, 3.63) is 64.2 Å². The summed E-state index contributed by atoms with van der Waals surface area (Å²) in [5.74, 6) is 0.888. The molecule has 0 unspecified atom stereocenters. The Morgan fingerprint density at radius 3 is 2.39 bits per heavy atom. The van der Waals surface area contributed by atoms with Gasteiger partial charge >= 0.3 is 0 Å². The van der Waals surface area contributed by atoms with E-state index in [9.17, 15) is 4.79 Å². The summed E-state index contributed by atoms with van der Waals surface area (Å²) in [6, 6.07) is 14.2. The number of rotatable bonds is 5. The number of nitrogens with zero attached hydrogens (tertiary/aromatic N) is 2. The van der Waals surface area contributed by atoms with E-state index < -0.39 is 0 Å². The molecule has 0 saturated carbocycles. The summed E-state index contributed by atoms with van der Waals surface area (Å²) in [5, 5.41) is 0.762. The minimum atomic E-state index is 0.0730. The molecule has 28 heavy (non-hydrogen) atoms. The van der Waals surface area contributed by atoms with Crippen molar-refractivity contribution in [2.45, 2.75) is 32.2 Å². The van der Waals surface area contributed by atoms with Crippen LogP contribution in [0.15, 0.2) is 42.5 Å². The van der Waals surface area contributed by atoms with E-state index in [1.54, 1.807) is 0 Å². The monoisotopic (exact) mass is 398 g/mol. The lowest BCUT2D eigenvalue weighted by Gasteiger charge is -2.34. The Labute approximate surface area is 172 Å². The number of fused-ring (bicyclic) bond motifs is 1. The van der Waals surface area contributed by atoms with Crippen molar-refractivity contribution in [1.82, 2.24) is 9.80 Å². The molecule has 2 aliphatic rings.